The fourth-order valence-corrected chi connectivity index (χ4v) is 7.56. The lowest BCUT2D eigenvalue weighted by Gasteiger charge is -2.38. The van der Waals surface area contributed by atoms with Gasteiger partial charge in [0.05, 0.1) is 4.65 Å². The summed E-state index contributed by atoms with van der Waals surface area (Å²) in [6.45, 7) is 19.5. The van der Waals surface area contributed by atoms with E-state index in [9.17, 15) is 4.79 Å². The summed E-state index contributed by atoms with van der Waals surface area (Å²) in [4.78, 5) is 12.5. The van der Waals surface area contributed by atoms with Crippen molar-refractivity contribution in [3.63, 3.8) is 0 Å². The largest absolute Gasteiger partial charge is 0.378 e. The molecule has 0 amide bonds. The van der Waals surface area contributed by atoms with Crippen LogP contribution in [0.4, 0.5) is 0 Å². The summed E-state index contributed by atoms with van der Waals surface area (Å²) < 4.78 is 0.855. The highest BCUT2D eigenvalue weighted by Gasteiger charge is 2.50. The van der Waals surface area contributed by atoms with E-state index in [2.05, 4.69) is 41.5 Å². The van der Waals surface area contributed by atoms with Gasteiger partial charge in [-0.2, -0.15) is 0 Å². The van der Waals surface area contributed by atoms with Crippen LogP contribution in [-0.4, -0.2) is 18.8 Å². The zero-order valence-corrected chi connectivity index (χ0v) is 13.1. The van der Waals surface area contributed by atoms with Crippen LogP contribution < -0.4 is 0 Å². The molecule has 2 heteroatoms. The van der Waals surface area contributed by atoms with Crippen LogP contribution in [-0.2, 0) is 4.79 Å². The third-order valence-corrected chi connectivity index (χ3v) is 7.59. The summed E-state index contributed by atoms with van der Waals surface area (Å²) in [5.74, 6) is 0. The van der Waals surface area contributed by atoms with Crippen molar-refractivity contribution in [1.29, 1.82) is 0 Å². The zero-order valence-electron chi connectivity index (χ0n) is 12.0. The Morgan fingerprint density at radius 2 is 1.00 bits per heavy atom. The third kappa shape index (κ3) is 4.29. The lowest BCUT2D eigenvalue weighted by molar-refractivity contribution is -0.119. The van der Waals surface area contributed by atoms with Crippen molar-refractivity contribution in [3.05, 3.63) is 0 Å². The van der Waals surface area contributed by atoms with Crippen molar-refractivity contribution in [2.45, 2.75) is 70.9 Å². The molecule has 0 aliphatic carbocycles. The maximum absolute atomic E-state index is 12.5. The Bertz CT molecular complexity index is 221. The molecule has 1 nitrogen and oxygen atoms in total. The van der Waals surface area contributed by atoms with E-state index in [1.165, 1.54) is 0 Å². The van der Waals surface area contributed by atoms with Crippen LogP contribution in [0.25, 0.3) is 0 Å². The van der Waals surface area contributed by atoms with E-state index in [1.54, 1.807) is 0 Å². The number of hydrogen-bond donors (Lipinski definition) is 0. The van der Waals surface area contributed by atoms with E-state index < -0.39 is 14.1 Å². The van der Waals surface area contributed by atoms with Crippen molar-refractivity contribution in [1.82, 2.24) is 0 Å². The van der Waals surface area contributed by atoms with Crippen LogP contribution in [0.3, 0.4) is 0 Å². The van der Waals surface area contributed by atoms with Crippen LogP contribution in [0.1, 0.15) is 62.3 Å². The smallest absolute Gasteiger partial charge is 0.320 e. The van der Waals surface area contributed by atoms with Gasteiger partial charge in [0.15, 0.2) is 0 Å². The first-order chi connectivity index (χ1) is 6.28. The molecule has 0 N–H and O–H groups in total. The Balaban J connectivity index is 5.26. The second kappa shape index (κ2) is 4.23. The molecule has 0 radical (unpaired) electrons. The first-order valence-corrected chi connectivity index (χ1v) is 7.55. The maximum atomic E-state index is 12.5. The van der Waals surface area contributed by atoms with Gasteiger partial charge in [0.2, 0.25) is 0 Å². The highest BCUT2D eigenvalue weighted by atomic mass is 27.2. The van der Waals surface area contributed by atoms with Crippen LogP contribution in [0, 0.1) is 5.41 Å². The Labute approximate surface area is 100 Å². The zero-order chi connectivity index (χ0) is 12.7. The molecular formula is C13H27AlO. The van der Waals surface area contributed by atoms with Gasteiger partial charge in [0, 0.05) is 5.41 Å². The number of hydrogen-bond acceptors (Lipinski definition) is 1. The predicted molar refractivity (Wildman–Crippen MR) is 69.6 cm³/mol. The topological polar surface area (TPSA) is 17.1 Å². The third-order valence-electron chi connectivity index (χ3n) is 2.73. The highest BCUT2D eigenvalue weighted by Crippen LogP contribution is 2.44. The number of carbonyl (C=O) groups is 1. The van der Waals surface area contributed by atoms with E-state index in [0.29, 0.717) is 4.65 Å². The minimum atomic E-state index is -1.47. The van der Waals surface area contributed by atoms with E-state index in [1.807, 2.05) is 20.8 Å². The lowest BCUT2D eigenvalue weighted by Crippen LogP contribution is -2.48. The monoisotopic (exact) mass is 227 g/mol. The molecule has 0 atom stereocenters. The van der Waals surface area contributed by atoms with Gasteiger partial charge < -0.3 is 4.79 Å². The van der Waals surface area contributed by atoms with Crippen molar-refractivity contribution in [2.24, 2.45) is 5.41 Å². The second-order valence-electron chi connectivity index (χ2n) is 7.78. The molecule has 0 bridgehead atoms. The molecule has 0 aromatic heterocycles. The first kappa shape index (κ1) is 15.2. The van der Waals surface area contributed by atoms with Gasteiger partial charge in [0.1, 0.15) is 0 Å². The Morgan fingerprint density at radius 1 is 0.733 bits per heavy atom. The van der Waals surface area contributed by atoms with Crippen molar-refractivity contribution >= 4 is 18.8 Å². The predicted octanol–water partition coefficient (Wildman–Crippen LogP) is 4.24. The van der Waals surface area contributed by atoms with Crippen LogP contribution in [0.5, 0.6) is 0 Å². The molecule has 0 aliphatic heterocycles. The first-order valence-electron chi connectivity index (χ1n) is 5.82. The molecule has 0 aromatic carbocycles. The lowest BCUT2D eigenvalue weighted by atomic mass is 10.1. The quantitative estimate of drug-likeness (QED) is 0.484. The van der Waals surface area contributed by atoms with Gasteiger partial charge in [0.25, 0.3) is 0 Å². The maximum Gasteiger partial charge on any atom is 0.378 e. The van der Waals surface area contributed by atoms with Gasteiger partial charge in [-0.25, -0.2) is 0 Å². The summed E-state index contributed by atoms with van der Waals surface area (Å²) in [5, 5.41) is 0. The van der Waals surface area contributed by atoms with Crippen molar-refractivity contribution in [2.75, 3.05) is 0 Å². The molecule has 0 spiro atoms. The molecule has 15 heavy (non-hydrogen) atoms. The molecule has 0 fully saturated rings. The van der Waals surface area contributed by atoms with Crippen molar-refractivity contribution < 1.29 is 4.79 Å². The molecule has 0 saturated carbocycles. The molecule has 0 aliphatic rings. The van der Waals surface area contributed by atoms with Gasteiger partial charge in [-0.1, -0.05) is 70.9 Å². The summed E-state index contributed by atoms with van der Waals surface area (Å²) >= 11 is -1.47. The van der Waals surface area contributed by atoms with E-state index in [4.69, 9.17) is 0 Å². The standard InChI is InChI=1S/C5H9O.2C4H9.Al/c1-5(2,3)4-6;2*1-4(2)3;/h1-3H3;2*1-3H3;/i4+1;;;. The minimum Gasteiger partial charge on any atom is -0.320 e. The Morgan fingerprint density at radius 3 is 1.07 bits per heavy atom. The summed E-state index contributed by atoms with van der Waals surface area (Å²) in [5.41, 5.74) is -0.183. The Kier molecular flexibility index (Phi) is 4.28. The van der Waals surface area contributed by atoms with Crippen molar-refractivity contribution in [3.8, 4) is 0 Å². The van der Waals surface area contributed by atoms with Gasteiger partial charge in [-0.05, 0) is 0 Å². The molecule has 0 aromatic rings. The average molecular weight is 227 g/mol. The molecule has 88 valence electrons. The molecular weight excluding hydrogens is 200 g/mol. The summed E-state index contributed by atoms with van der Waals surface area (Å²) in [7, 11) is 0. The van der Waals surface area contributed by atoms with E-state index in [0.717, 1.165) is 0 Å². The summed E-state index contributed by atoms with van der Waals surface area (Å²) in [6.07, 6.45) is 0. The normalized spacial score (nSPS) is 13.9. The highest BCUT2D eigenvalue weighted by molar-refractivity contribution is 6.94. The molecule has 0 saturated heterocycles. The average Bonchev–Trinajstić information content (AvgIpc) is 1.76. The number of rotatable bonds is 1. The van der Waals surface area contributed by atoms with E-state index in [-0.39, 0.29) is 14.0 Å². The molecule has 0 heterocycles. The second-order valence-corrected chi connectivity index (χ2v) is 12.6. The van der Waals surface area contributed by atoms with Crippen LogP contribution in [0.2, 0.25) is 8.55 Å². The fourth-order valence-electron chi connectivity index (χ4n) is 2.52. The van der Waals surface area contributed by atoms with Gasteiger partial charge in [-0.3, -0.25) is 0 Å². The summed E-state index contributed by atoms with van der Waals surface area (Å²) in [6, 6.07) is 0. The van der Waals surface area contributed by atoms with Crippen LogP contribution in [0.15, 0.2) is 0 Å². The van der Waals surface area contributed by atoms with Gasteiger partial charge in [-0.15, -0.1) is 0 Å². The Hall–Kier alpha value is 0.202. The fraction of sp³-hybridized carbons (Fsp3) is 0.923. The minimum absolute atomic E-state index is 0.169. The van der Waals surface area contributed by atoms with E-state index >= 15 is 0 Å². The molecule has 0 unspecified atom stereocenters. The molecule has 0 rings (SSSR count). The number of carbonyl (C=O) groups excluding carboxylic acids is 1. The van der Waals surface area contributed by atoms with Crippen LogP contribution >= 0.6 is 0 Å². The SMILES string of the molecule is CC(C)(C)[13C](=O)[Al]([C](C)(C)C)[C](C)(C)C. The van der Waals surface area contributed by atoms with Gasteiger partial charge >= 0.3 is 14.1 Å².